The lowest BCUT2D eigenvalue weighted by Gasteiger charge is -2.04. The Morgan fingerprint density at radius 2 is 1.83 bits per heavy atom. The van der Waals surface area contributed by atoms with E-state index in [1.165, 1.54) is 24.3 Å². The minimum Gasteiger partial charge on any atom is -0.258 e. The van der Waals surface area contributed by atoms with Crippen LogP contribution in [0.1, 0.15) is 0 Å². The fourth-order valence-electron chi connectivity index (χ4n) is 2.01. The van der Waals surface area contributed by atoms with Crippen LogP contribution in [0.5, 0.6) is 0 Å². The van der Waals surface area contributed by atoms with E-state index in [9.17, 15) is 18.5 Å². The van der Waals surface area contributed by atoms with Gasteiger partial charge in [-0.1, -0.05) is 30.3 Å². The maximum atomic E-state index is 12.3. The second-order valence-corrected chi connectivity index (χ2v) is 7.30. The van der Waals surface area contributed by atoms with E-state index < -0.39 is 14.9 Å². The monoisotopic (exact) mass is 361 g/mol. The van der Waals surface area contributed by atoms with Gasteiger partial charge in [-0.15, -0.1) is 11.3 Å². The van der Waals surface area contributed by atoms with Crippen molar-refractivity contribution in [2.45, 2.75) is 4.90 Å². The van der Waals surface area contributed by atoms with Gasteiger partial charge in [0.05, 0.1) is 15.5 Å². The van der Waals surface area contributed by atoms with Crippen molar-refractivity contribution in [2.75, 3.05) is 4.72 Å². The van der Waals surface area contributed by atoms with Crippen LogP contribution in [0.25, 0.3) is 11.3 Å². The van der Waals surface area contributed by atoms with E-state index in [4.69, 9.17) is 0 Å². The molecule has 3 rings (SSSR count). The number of nitrogens with zero attached hydrogens (tertiary/aromatic N) is 2. The van der Waals surface area contributed by atoms with Crippen LogP contribution in [-0.4, -0.2) is 18.3 Å². The number of aromatic nitrogens is 1. The maximum absolute atomic E-state index is 12.3. The number of nitrogens with one attached hydrogen (secondary N) is 1. The minimum atomic E-state index is -3.71. The zero-order chi connectivity index (χ0) is 17.2. The van der Waals surface area contributed by atoms with Gasteiger partial charge in [-0.2, -0.15) is 0 Å². The van der Waals surface area contributed by atoms with Crippen molar-refractivity contribution in [1.82, 2.24) is 4.98 Å². The van der Waals surface area contributed by atoms with Crippen molar-refractivity contribution in [3.63, 3.8) is 0 Å². The second kappa shape index (κ2) is 6.38. The largest absolute Gasteiger partial charge is 0.270 e. The topological polar surface area (TPSA) is 102 Å². The molecule has 0 fully saturated rings. The quantitative estimate of drug-likeness (QED) is 0.553. The summed E-state index contributed by atoms with van der Waals surface area (Å²) in [5, 5.41) is 12.7. The predicted molar refractivity (Wildman–Crippen MR) is 91.5 cm³/mol. The summed E-state index contributed by atoms with van der Waals surface area (Å²) < 4.78 is 26.9. The standard InChI is InChI=1S/C15H11N3O4S2/c19-18(20)12-6-4-5-11(9-12)14-10-23-15(16-14)17-24(21,22)13-7-2-1-3-8-13/h1-10H,(H,16,17). The molecule has 0 bridgehead atoms. The molecular weight excluding hydrogens is 350 g/mol. The van der Waals surface area contributed by atoms with Gasteiger partial charge in [-0.25, -0.2) is 13.4 Å². The van der Waals surface area contributed by atoms with E-state index in [2.05, 4.69) is 9.71 Å². The molecule has 3 aromatic rings. The molecule has 2 aromatic carbocycles. The Labute approximate surface area is 141 Å². The Balaban J connectivity index is 1.86. The van der Waals surface area contributed by atoms with Crippen LogP contribution < -0.4 is 4.72 Å². The smallest absolute Gasteiger partial charge is 0.258 e. The number of nitro groups is 1. The van der Waals surface area contributed by atoms with Gasteiger partial charge in [-0.3, -0.25) is 14.8 Å². The van der Waals surface area contributed by atoms with Crippen molar-refractivity contribution >= 4 is 32.2 Å². The molecule has 0 saturated carbocycles. The summed E-state index contributed by atoms with van der Waals surface area (Å²) in [6.45, 7) is 0. The first-order valence-corrected chi connectivity index (χ1v) is 9.10. The average Bonchev–Trinajstić information content (AvgIpc) is 3.03. The number of anilines is 1. The Kier molecular flexibility index (Phi) is 4.28. The third-order valence-corrected chi connectivity index (χ3v) is 5.37. The molecule has 0 radical (unpaired) electrons. The van der Waals surface area contributed by atoms with Gasteiger partial charge in [0.2, 0.25) is 0 Å². The van der Waals surface area contributed by atoms with Gasteiger partial charge in [0.1, 0.15) is 0 Å². The van der Waals surface area contributed by atoms with Gasteiger partial charge in [0, 0.05) is 23.1 Å². The Hall–Kier alpha value is -2.78. The highest BCUT2D eigenvalue weighted by Crippen LogP contribution is 2.28. The fourth-order valence-corrected chi connectivity index (χ4v) is 4.00. The van der Waals surface area contributed by atoms with Gasteiger partial charge >= 0.3 is 0 Å². The molecule has 122 valence electrons. The normalized spacial score (nSPS) is 11.2. The van der Waals surface area contributed by atoms with Gasteiger partial charge in [0.15, 0.2) is 5.13 Å². The molecule has 0 spiro atoms. The molecule has 9 heteroatoms. The summed E-state index contributed by atoms with van der Waals surface area (Å²) in [7, 11) is -3.71. The van der Waals surface area contributed by atoms with Crippen LogP contribution in [0.15, 0.2) is 64.9 Å². The molecule has 7 nitrogen and oxygen atoms in total. The van der Waals surface area contributed by atoms with E-state index in [0.717, 1.165) is 11.3 Å². The van der Waals surface area contributed by atoms with Crippen LogP contribution in [0.2, 0.25) is 0 Å². The van der Waals surface area contributed by atoms with Crippen molar-refractivity contribution in [3.05, 3.63) is 70.1 Å². The molecular formula is C15H11N3O4S2. The summed E-state index contributed by atoms with van der Waals surface area (Å²) >= 11 is 1.11. The zero-order valence-corrected chi connectivity index (χ0v) is 13.8. The lowest BCUT2D eigenvalue weighted by atomic mass is 10.1. The van der Waals surface area contributed by atoms with Crippen LogP contribution in [0.3, 0.4) is 0 Å². The summed E-state index contributed by atoms with van der Waals surface area (Å²) in [5.41, 5.74) is 0.965. The second-order valence-electron chi connectivity index (χ2n) is 4.76. The van der Waals surface area contributed by atoms with Crippen molar-refractivity contribution in [3.8, 4) is 11.3 Å². The number of hydrogen-bond donors (Lipinski definition) is 1. The highest BCUT2D eigenvalue weighted by atomic mass is 32.2. The molecule has 0 amide bonds. The Morgan fingerprint density at radius 1 is 1.08 bits per heavy atom. The summed E-state index contributed by atoms with van der Waals surface area (Å²) in [6, 6.07) is 14.0. The number of rotatable bonds is 5. The van der Waals surface area contributed by atoms with Crippen LogP contribution in [0, 0.1) is 10.1 Å². The molecule has 0 atom stereocenters. The summed E-state index contributed by atoms with van der Waals surface area (Å²) in [4.78, 5) is 14.7. The van der Waals surface area contributed by atoms with Crippen LogP contribution >= 0.6 is 11.3 Å². The van der Waals surface area contributed by atoms with Crippen LogP contribution in [0.4, 0.5) is 10.8 Å². The first-order valence-electron chi connectivity index (χ1n) is 6.74. The minimum absolute atomic E-state index is 0.0492. The number of sulfonamides is 1. The predicted octanol–water partition coefficient (Wildman–Crippen LogP) is 3.52. The van der Waals surface area contributed by atoms with Gasteiger partial charge < -0.3 is 0 Å². The van der Waals surface area contributed by atoms with Crippen molar-refractivity contribution in [1.29, 1.82) is 0 Å². The first kappa shape index (κ1) is 16.1. The number of hydrogen-bond acceptors (Lipinski definition) is 6. The number of nitro benzene ring substituents is 1. The fraction of sp³-hybridized carbons (Fsp3) is 0. The van der Waals surface area contributed by atoms with Crippen molar-refractivity contribution in [2.24, 2.45) is 0 Å². The molecule has 1 aromatic heterocycles. The van der Waals surface area contributed by atoms with E-state index in [1.807, 2.05) is 0 Å². The number of non-ortho nitro benzene ring substituents is 1. The average molecular weight is 361 g/mol. The lowest BCUT2D eigenvalue weighted by Crippen LogP contribution is -2.12. The van der Waals surface area contributed by atoms with E-state index >= 15 is 0 Å². The molecule has 24 heavy (non-hydrogen) atoms. The van der Waals surface area contributed by atoms with Gasteiger partial charge in [0.25, 0.3) is 15.7 Å². The third kappa shape index (κ3) is 3.42. The van der Waals surface area contributed by atoms with E-state index in [-0.39, 0.29) is 15.7 Å². The molecule has 0 unspecified atom stereocenters. The van der Waals surface area contributed by atoms with Crippen molar-refractivity contribution < 1.29 is 13.3 Å². The number of thiazole rings is 1. The highest BCUT2D eigenvalue weighted by Gasteiger charge is 2.16. The lowest BCUT2D eigenvalue weighted by molar-refractivity contribution is -0.384. The van der Waals surface area contributed by atoms with E-state index in [1.54, 1.807) is 35.7 Å². The van der Waals surface area contributed by atoms with Gasteiger partial charge in [-0.05, 0) is 12.1 Å². The molecule has 0 aliphatic rings. The van der Waals surface area contributed by atoms with E-state index in [0.29, 0.717) is 11.3 Å². The molecule has 0 aliphatic carbocycles. The summed E-state index contributed by atoms with van der Waals surface area (Å²) in [6.07, 6.45) is 0. The maximum Gasteiger partial charge on any atom is 0.270 e. The molecule has 0 saturated heterocycles. The summed E-state index contributed by atoms with van der Waals surface area (Å²) in [5.74, 6) is 0. The first-order chi connectivity index (χ1) is 11.5. The Bertz CT molecular complexity index is 985. The SMILES string of the molecule is O=[N+]([O-])c1cccc(-c2csc(NS(=O)(=O)c3ccccc3)n2)c1. The molecule has 1 heterocycles. The molecule has 1 N–H and O–H groups in total. The zero-order valence-electron chi connectivity index (χ0n) is 12.1. The third-order valence-electron chi connectivity index (χ3n) is 3.13. The molecule has 0 aliphatic heterocycles. The highest BCUT2D eigenvalue weighted by molar-refractivity contribution is 7.93. The Morgan fingerprint density at radius 3 is 2.54 bits per heavy atom. The number of benzene rings is 2. The van der Waals surface area contributed by atoms with Crippen LogP contribution in [-0.2, 0) is 10.0 Å².